The van der Waals surface area contributed by atoms with Crippen LogP contribution in [0.2, 0.25) is 0 Å². The lowest BCUT2D eigenvalue weighted by atomic mass is 9.95. The number of methoxy groups -OCH3 is 1. The van der Waals surface area contributed by atoms with Crippen LogP contribution in [0.25, 0.3) is 0 Å². The monoisotopic (exact) mass is 531 g/mol. The first-order valence-electron chi connectivity index (χ1n) is 11.1. The van der Waals surface area contributed by atoms with Crippen LogP contribution in [-0.4, -0.2) is 56.3 Å². The molecule has 1 aliphatic carbocycles. The highest BCUT2D eigenvalue weighted by molar-refractivity contribution is 9.10. The molecule has 34 heavy (non-hydrogen) atoms. The molecule has 1 saturated carbocycles. The second kappa shape index (κ2) is 11.3. The Labute approximate surface area is 207 Å². The van der Waals surface area contributed by atoms with Gasteiger partial charge in [0.2, 0.25) is 5.91 Å². The number of halogens is 1. The summed E-state index contributed by atoms with van der Waals surface area (Å²) in [6.07, 6.45) is 6.66. The fraction of sp³-hybridized carbons (Fsp3) is 0.417. The van der Waals surface area contributed by atoms with E-state index in [-0.39, 0.29) is 17.4 Å². The molecule has 2 fully saturated rings. The maximum absolute atomic E-state index is 12.8. The van der Waals surface area contributed by atoms with Gasteiger partial charge in [0.05, 0.1) is 23.9 Å². The van der Waals surface area contributed by atoms with Crippen LogP contribution < -0.4 is 21.3 Å². The number of nitrogens with two attached hydrogens (primary N) is 1. The Kier molecular flexibility index (Phi) is 8.49. The van der Waals surface area contributed by atoms with Crippen LogP contribution in [0, 0.1) is 5.92 Å². The van der Waals surface area contributed by atoms with Crippen molar-refractivity contribution < 1.29 is 19.1 Å². The molecule has 3 rings (SSSR count). The van der Waals surface area contributed by atoms with Crippen LogP contribution in [0.4, 0.5) is 5.69 Å². The first-order valence-corrected chi connectivity index (χ1v) is 11.9. The zero-order chi connectivity index (χ0) is 24.7. The minimum Gasteiger partial charge on any atom is -0.465 e. The molecular weight excluding hydrogens is 502 g/mol. The van der Waals surface area contributed by atoms with Crippen molar-refractivity contribution in [3.8, 4) is 0 Å². The number of carbonyl (C=O) groups excluding carboxylic acids is 3. The highest BCUT2D eigenvalue weighted by Gasteiger charge is 2.51. The van der Waals surface area contributed by atoms with Crippen molar-refractivity contribution in [2.24, 2.45) is 16.6 Å². The van der Waals surface area contributed by atoms with E-state index in [9.17, 15) is 14.4 Å². The van der Waals surface area contributed by atoms with E-state index >= 15 is 0 Å². The summed E-state index contributed by atoms with van der Waals surface area (Å²) in [4.78, 5) is 43.4. The van der Waals surface area contributed by atoms with Gasteiger partial charge in [0.1, 0.15) is 5.54 Å². The molecule has 0 aromatic heterocycles. The lowest BCUT2D eigenvalue weighted by Gasteiger charge is -2.34. The number of hydrogen-bond donors (Lipinski definition) is 3. The Balaban J connectivity index is 1.52. The maximum atomic E-state index is 12.8. The molecule has 9 nitrogen and oxygen atoms in total. The third-order valence-corrected chi connectivity index (χ3v) is 6.66. The number of anilines is 1. The predicted octanol–water partition coefficient (Wildman–Crippen LogP) is 2.27. The number of nitrogens with one attached hydrogen (secondary N) is 2. The van der Waals surface area contributed by atoms with Gasteiger partial charge in [0.15, 0.2) is 0 Å². The molecule has 182 valence electrons. The van der Waals surface area contributed by atoms with Crippen molar-refractivity contribution >= 4 is 45.6 Å². The van der Waals surface area contributed by atoms with Crippen LogP contribution >= 0.6 is 15.9 Å². The number of nitrogens with zero attached hydrogens (tertiary/aromatic N) is 2. The van der Waals surface area contributed by atoms with E-state index in [0.29, 0.717) is 30.9 Å². The fourth-order valence-corrected chi connectivity index (χ4v) is 4.32. The third-order valence-electron chi connectivity index (χ3n) is 6.17. The number of benzene rings is 1. The maximum Gasteiger partial charge on any atom is 0.339 e. The molecule has 0 atom stereocenters. The summed E-state index contributed by atoms with van der Waals surface area (Å²) in [5.41, 5.74) is 6.16. The van der Waals surface area contributed by atoms with Gasteiger partial charge in [-0.1, -0.05) is 22.5 Å². The minimum atomic E-state index is -0.889. The normalized spacial score (nSPS) is 17.8. The van der Waals surface area contributed by atoms with E-state index in [2.05, 4.69) is 43.0 Å². The summed E-state index contributed by atoms with van der Waals surface area (Å²) in [5, 5.41) is 5.80. The molecule has 1 saturated heterocycles. The molecule has 1 aliphatic heterocycles. The highest BCUT2D eigenvalue weighted by atomic mass is 79.9. The molecule has 1 aromatic rings. The van der Waals surface area contributed by atoms with Crippen LogP contribution in [-0.2, 0) is 14.3 Å². The smallest absolute Gasteiger partial charge is 0.339 e. The van der Waals surface area contributed by atoms with Crippen LogP contribution in [0.3, 0.4) is 0 Å². The molecule has 0 radical (unpaired) electrons. The molecule has 1 aromatic carbocycles. The van der Waals surface area contributed by atoms with E-state index in [1.165, 1.54) is 19.5 Å². The minimum absolute atomic E-state index is 0.171. The Morgan fingerprint density at radius 3 is 2.62 bits per heavy atom. The Bertz CT molecular complexity index is 1010. The van der Waals surface area contributed by atoms with E-state index in [0.717, 1.165) is 42.3 Å². The fourth-order valence-electron chi connectivity index (χ4n) is 3.97. The van der Waals surface area contributed by atoms with Crippen molar-refractivity contribution in [3.05, 3.63) is 52.8 Å². The van der Waals surface area contributed by atoms with Crippen LogP contribution in [0.15, 0.2) is 52.2 Å². The van der Waals surface area contributed by atoms with Crippen molar-refractivity contribution in [2.45, 2.75) is 31.2 Å². The summed E-state index contributed by atoms with van der Waals surface area (Å²) in [6.45, 7) is 5.52. The van der Waals surface area contributed by atoms with E-state index in [1.54, 1.807) is 6.07 Å². The zero-order valence-corrected chi connectivity index (χ0v) is 20.8. The number of rotatable bonds is 9. The molecule has 0 bridgehead atoms. The summed E-state index contributed by atoms with van der Waals surface area (Å²) in [7, 11) is 1.38. The van der Waals surface area contributed by atoms with Crippen LogP contribution in [0.1, 0.15) is 36.0 Å². The van der Waals surface area contributed by atoms with Crippen molar-refractivity contribution in [2.75, 3.05) is 31.6 Å². The summed E-state index contributed by atoms with van der Waals surface area (Å²) in [5.74, 6) is -0.679. The lowest BCUT2D eigenvalue weighted by Crippen LogP contribution is -2.51. The molecule has 1 heterocycles. The number of hydrogen-bond acceptors (Lipinski definition) is 7. The van der Waals surface area contributed by atoms with Gasteiger partial charge in [-0.2, -0.15) is 0 Å². The molecule has 10 heteroatoms. The molecule has 0 spiro atoms. The van der Waals surface area contributed by atoms with Gasteiger partial charge < -0.3 is 26.0 Å². The number of carbonyl (C=O) groups is 3. The van der Waals surface area contributed by atoms with Gasteiger partial charge in [-0.15, -0.1) is 0 Å². The quantitative estimate of drug-likeness (QED) is 0.255. The third kappa shape index (κ3) is 6.05. The number of ether oxygens (including phenoxy) is 1. The molecule has 2 amide bonds. The number of esters is 1. The van der Waals surface area contributed by atoms with Gasteiger partial charge in [-0.05, 0) is 49.8 Å². The van der Waals surface area contributed by atoms with E-state index in [4.69, 9.17) is 10.5 Å². The second-order valence-electron chi connectivity index (χ2n) is 8.41. The first kappa shape index (κ1) is 25.5. The summed E-state index contributed by atoms with van der Waals surface area (Å²) in [6, 6.07) is 5.51. The Morgan fingerprint density at radius 1 is 1.32 bits per heavy atom. The van der Waals surface area contributed by atoms with Gasteiger partial charge in [0.25, 0.3) is 5.91 Å². The van der Waals surface area contributed by atoms with Crippen molar-refractivity contribution in [1.82, 2.24) is 10.6 Å². The van der Waals surface area contributed by atoms with Gasteiger partial charge in [-0.25, -0.2) is 4.79 Å². The van der Waals surface area contributed by atoms with Crippen molar-refractivity contribution in [3.63, 3.8) is 0 Å². The van der Waals surface area contributed by atoms with Crippen LogP contribution in [0.5, 0.6) is 0 Å². The topological polar surface area (TPSA) is 126 Å². The van der Waals surface area contributed by atoms with Gasteiger partial charge in [0, 0.05) is 42.7 Å². The molecule has 0 unspecified atom stereocenters. The highest BCUT2D eigenvalue weighted by Crippen LogP contribution is 2.36. The first-order chi connectivity index (χ1) is 16.3. The Hall–Kier alpha value is -3.14. The summed E-state index contributed by atoms with van der Waals surface area (Å²) < 4.78 is 5.81. The predicted molar refractivity (Wildman–Crippen MR) is 134 cm³/mol. The molecular formula is C24H30BrN5O4. The average molecular weight is 532 g/mol. The standard InChI is InChI=1S/C24H30BrN5O4/c1-3-27-15-17(13-26)21(31)29-24(8-9-24)23(33)28-14-16-6-10-30(11-7-16)20-12-18(25)4-5-19(20)22(32)34-2/h3-5,12-13,15-16H,1,6-11,14,26H2,2H3,(H,28,33)(H,29,31)/b17-13+,27-15-. The lowest BCUT2D eigenvalue weighted by molar-refractivity contribution is -0.128. The summed E-state index contributed by atoms with van der Waals surface area (Å²) >= 11 is 3.48. The van der Waals surface area contributed by atoms with Crippen molar-refractivity contribution in [1.29, 1.82) is 0 Å². The number of amides is 2. The second-order valence-corrected chi connectivity index (χ2v) is 9.33. The molecule has 2 aliphatic rings. The van der Waals surface area contributed by atoms with E-state index in [1.807, 2.05) is 12.1 Å². The van der Waals surface area contributed by atoms with Gasteiger partial charge >= 0.3 is 5.97 Å². The van der Waals surface area contributed by atoms with Gasteiger partial charge in [-0.3, -0.25) is 14.6 Å². The zero-order valence-electron chi connectivity index (χ0n) is 19.2. The number of piperidine rings is 1. The average Bonchev–Trinajstić information content (AvgIpc) is 3.63. The molecule has 4 N–H and O–H groups in total. The van der Waals surface area contributed by atoms with E-state index < -0.39 is 11.4 Å². The largest absolute Gasteiger partial charge is 0.465 e. The number of aliphatic imine (C=N–C) groups is 1. The Morgan fingerprint density at radius 2 is 2.03 bits per heavy atom. The SMILES string of the molecule is C=C/N=C\C(=C/N)C(=O)NC1(C(=O)NCC2CCN(c3cc(Br)ccc3C(=O)OC)CC2)CC1.